The largest absolute Gasteiger partial charge is 0.434 e. The molecule has 142 valence electrons. The van der Waals surface area contributed by atoms with Gasteiger partial charge < -0.3 is 4.90 Å². The van der Waals surface area contributed by atoms with Crippen LogP contribution < -0.4 is 4.90 Å². The summed E-state index contributed by atoms with van der Waals surface area (Å²) in [6, 6.07) is 15.9. The van der Waals surface area contributed by atoms with E-state index in [-0.39, 0.29) is 11.2 Å². The van der Waals surface area contributed by atoms with Gasteiger partial charge in [-0.15, -0.1) is 0 Å². The zero-order chi connectivity index (χ0) is 20.1. The summed E-state index contributed by atoms with van der Waals surface area (Å²) in [7, 11) is 3.80. The second kappa shape index (κ2) is 6.48. The lowest BCUT2D eigenvalue weighted by molar-refractivity contribution is -0.139. The van der Waals surface area contributed by atoms with E-state index in [0.717, 1.165) is 16.6 Å². The number of nitrogens with zero attached hydrogens (tertiary/aromatic N) is 3. The van der Waals surface area contributed by atoms with E-state index in [1.165, 1.54) is 6.07 Å². The summed E-state index contributed by atoms with van der Waals surface area (Å²) in [5.41, 5.74) is 1.88. The molecule has 4 aromatic rings. The van der Waals surface area contributed by atoms with Gasteiger partial charge in [0.2, 0.25) is 0 Å². The Morgan fingerprint density at radius 3 is 2.11 bits per heavy atom. The minimum Gasteiger partial charge on any atom is -0.377 e. The molecule has 6 heteroatoms. The number of aryl methyl sites for hydroxylation is 1. The average molecular weight is 381 g/mol. The summed E-state index contributed by atoms with van der Waals surface area (Å²) >= 11 is 0. The smallest absolute Gasteiger partial charge is 0.377 e. The fraction of sp³-hybridized carbons (Fsp3) is 0.182. The van der Waals surface area contributed by atoms with Crippen LogP contribution in [0.25, 0.3) is 33.1 Å². The lowest BCUT2D eigenvalue weighted by Gasteiger charge is -2.17. The summed E-state index contributed by atoms with van der Waals surface area (Å²) in [6.45, 7) is 1.92. The zero-order valence-electron chi connectivity index (χ0n) is 15.7. The van der Waals surface area contributed by atoms with Crippen molar-refractivity contribution >= 4 is 27.4 Å². The third kappa shape index (κ3) is 3.05. The first kappa shape index (κ1) is 18.2. The van der Waals surface area contributed by atoms with Gasteiger partial charge in [-0.2, -0.15) is 13.2 Å². The zero-order valence-corrected chi connectivity index (χ0v) is 15.7. The molecule has 0 radical (unpaired) electrons. The maximum absolute atomic E-state index is 13.8. The Kier molecular flexibility index (Phi) is 4.22. The van der Waals surface area contributed by atoms with E-state index >= 15 is 0 Å². The molecule has 1 heterocycles. The highest BCUT2D eigenvalue weighted by molar-refractivity contribution is 6.10. The van der Waals surface area contributed by atoms with Crippen molar-refractivity contribution < 1.29 is 13.2 Å². The van der Waals surface area contributed by atoms with Crippen LogP contribution >= 0.6 is 0 Å². The van der Waals surface area contributed by atoms with Gasteiger partial charge in [-0.05, 0) is 19.1 Å². The van der Waals surface area contributed by atoms with Crippen LogP contribution in [0.3, 0.4) is 0 Å². The first-order valence-electron chi connectivity index (χ1n) is 8.81. The van der Waals surface area contributed by atoms with Crippen LogP contribution in [-0.2, 0) is 6.18 Å². The Morgan fingerprint density at radius 1 is 0.786 bits per heavy atom. The van der Waals surface area contributed by atoms with Gasteiger partial charge in [0, 0.05) is 41.5 Å². The first-order valence-corrected chi connectivity index (χ1v) is 8.81. The minimum atomic E-state index is -4.58. The van der Waals surface area contributed by atoms with Crippen LogP contribution in [0.5, 0.6) is 0 Å². The van der Waals surface area contributed by atoms with E-state index in [9.17, 15) is 13.2 Å². The van der Waals surface area contributed by atoms with Crippen LogP contribution in [0, 0.1) is 6.92 Å². The molecule has 1 aromatic heterocycles. The molecule has 0 bridgehead atoms. The van der Waals surface area contributed by atoms with Crippen LogP contribution in [0.4, 0.5) is 18.9 Å². The molecule has 0 unspecified atom stereocenters. The van der Waals surface area contributed by atoms with Crippen LogP contribution in [0.1, 0.15) is 11.3 Å². The first-order chi connectivity index (χ1) is 13.3. The van der Waals surface area contributed by atoms with Crippen molar-refractivity contribution in [3.63, 3.8) is 0 Å². The predicted molar refractivity (Wildman–Crippen MR) is 107 cm³/mol. The Bertz CT molecular complexity index is 1180. The Morgan fingerprint density at radius 2 is 1.46 bits per heavy atom. The average Bonchev–Trinajstić information content (AvgIpc) is 2.66. The van der Waals surface area contributed by atoms with Gasteiger partial charge in [0.05, 0.1) is 5.52 Å². The number of anilines is 1. The van der Waals surface area contributed by atoms with Crippen molar-refractivity contribution in [3.05, 3.63) is 65.9 Å². The standard InChI is InChI=1S/C22H18F3N3/c1-13-7-9-14(10-8-13)21-26-19-16-5-4-6-18(28(2)3)15(16)11-12-17(19)20(27-21)22(23,24)25/h4-12H,1-3H3. The van der Waals surface area contributed by atoms with Gasteiger partial charge in [-0.1, -0.05) is 48.0 Å². The normalized spacial score (nSPS) is 11.9. The molecular weight excluding hydrogens is 363 g/mol. The number of rotatable bonds is 2. The number of hydrogen-bond donors (Lipinski definition) is 0. The molecule has 3 aromatic carbocycles. The molecule has 0 spiro atoms. The highest BCUT2D eigenvalue weighted by Crippen LogP contribution is 2.38. The third-order valence-corrected chi connectivity index (χ3v) is 4.76. The molecule has 0 fully saturated rings. The van der Waals surface area contributed by atoms with Gasteiger partial charge in [0.25, 0.3) is 0 Å². The molecule has 0 N–H and O–H groups in total. The number of fused-ring (bicyclic) bond motifs is 3. The second-order valence-electron chi connectivity index (χ2n) is 6.99. The van der Waals surface area contributed by atoms with E-state index < -0.39 is 11.9 Å². The fourth-order valence-electron chi connectivity index (χ4n) is 3.37. The van der Waals surface area contributed by atoms with Gasteiger partial charge >= 0.3 is 6.18 Å². The quantitative estimate of drug-likeness (QED) is 0.408. The predicted octanol–water partition coefficient (Wildman–Crippen LogP) is 5.84. The van der Waals surface area contributed by atoms with Crippen LogP contribution in [-0.4, -0.2) is 24.1 Å². The van der Waals surface area contributed by atoms with Crippen molar-refractivity contribution in [1.29, 1.82) is 0 Å². The number of aromatic nitrogens is 2. The van der Waals surface area contributed by atoms with E-state index in [0.29, 0.717) is 16.5 Å². The van der Waals surface area contributed by atoms with Gasteiger partial charge in [-0.3, -0.25) is 0 Å². The molecule has 3 nitrogen and oxygen atoms in total. The molecule has 0 aliphatic rings. The number of halogens is 3. The molecule has 0 saturated carbocycles. The summed E-state index contributed by atoms with van der Waals surface area (Å²) in [4.78, 5) is 10.4. The summed E-state index contributed by atoms with van der Waals surface area (Å²) in [6.07, 6.45) is -4.58. The Hall–Kier alpha value is -3.15. The molecule has 28 heavy (non-hydrogen) atoms. The monoisotopic (exact) mass is 381 g/mol. The molecule has 0 aliphatic heterocycles. The topological polar surface area (TPSA) is 29.0 Å². The maximum Gasteiger partial charge on any atom is 0.434 e. The molecule has 0 saturated heterocycles. The number of alkyl halides is 3. The highest BCUT2D eigenvalue weighted by Gasteiger charge is 2.36. The SMILES string of the molecule is Cc1ccc(-c2nc(C(F)(F)F)c3ccc4c(N(C)C)cccc4c3n2)cc1. The summed E-state index contributed by atoms with van der Waals surface area (Å²) in [5, 5.41) is 1.53. The summed E-state index contributed by atoms with van der Waals surface area (Å²) < 4.78 is 41.4. The molecular formula is C22H18F3N3. The lowest BCUT2D eigenvalue weighted by atomic mass is 10.0. The van der Waals surface area contributed by atoms with Crippen molar-refractivity contribution in [2.45, 2.75) is 13.1 Å². The van der Waals surface area contributed by atoms with Crippen molar-refractivity contribution in [2.24, 2.45) is 0 Å². The van der Waals surface area contributed by atoms with Crippen LogP contribution in [0.2, 0.25) is 0 Å². The molecule has 0 amide bonds. The molecule has 4 rings (SSSR count). The molecule has 0 atom stereocenters. The molecule has 0 aliphatic carbocycles. The van der Waals surface area contributed by atoms with Crippen molar-refractivity contribution in [1.82, 2.24) is 9.97 Å². The van der Waals surface area contributed by atoms with Gasteiger partial charge in [0.1, 0.15) is 0 Å². The highest BCUT2D eigenvalue weighted by atomic mass is 19.4. The fourth-order valence-corrected chi connectivity index (χ4v) is 3.37. The summed E-state index contributed by atoms with van der Waals surface area (Å²) in [5.74, 6) is 0.0718. The van der Waals surface area contributed by atoms with Gasteiger partial charge in [0.15, 0.2) is 11.5 Å². The van der Waals surface area contributed by atoms with E-state index in [4.69, 9.17) is 0 Å². The Balaban J connectivity index is 2.11. The Labute approximate surface area is 160 Å². The third-order valence-electron chi connectivity index (χ3n) is 4.76. The second-order valence-corrected chi connectivity index (χ2v) is 6.99. The van der Waals surface area contributed by atoms with E-state index in [1.807, 2.05) is 50.2 Å². The lowest BCUT2D eigenvalue weighted by Crippen LogP contribution is -2.12. The van der Waals surface area contributed by atoms with Crippen molar-refractivity contribution in [2.75, 3.05) is 19.0 Å². The number of hydrogen-bond acceptors (Lipinski definition) is 3. The van der Waals surface area contributed by atoms with Crippen molar-refractivity contribution in [3.8, 4) is 11.4 Å². The minimum absolute atomic E-state index is 0.00627. The maximum atomic E-state index is 13.8. The number of benzene rings is 3. The van der Waals surface area contributed by atoms with Crippen LogP contribution in [0.15, 0.2) is 54.6 Å². The van der Waals surface area contributed by atoms with E-state index in [1.54, 1.807) is 24.3 Å². The van der Waals surface area contributed by atoms with Gasteiger partial charge in [-0.25, -0.2) is 9.97 Å². The van der Waals surface area contributed by atoms with E-state index in [2.05, 4.69) is 9.97 Å².